The number of hydrogen-bond donors (Lipinski definition) is 4. The molecule has 9 heteroatoms. The molecule has 0 radical (unpaired) electrons. The molecule has 2 fully saturated rings. The molecule has 1 aliphatic carbocycles. The summed E-state index contributed by atoms with van der Waals surface area (Å²) < 4.78 is 0. The fourth-order valence-electron chi connectivity index (χ4n) is 5.68. The van der Waals surface area contributed by atoms with Crippen molar-refractivity contribution in [3.05, 3.63) is 107 Å². The quantitative estimate of drug-likeness (QED) is 0.140. The fourth-order valence-corrected chi connectivity index (χ4v) is 5.68. The van der Waals surface area contributed by atoms with E-state index in [0.29, 0.717) is 49.1 Å². The summed E-state index contributed by atoms with van der Waals surface area (Å²) in [5.41, 5.74) is 3.13. The molecule has 3 amide bonds. The lowest BCUT2D eigenvalue weighted by atomic mass is 10.1. The van der Waals surface area contributed by atoms with E-state index >= 15 is 0 Å². The van der Waals surface area contributed by atoms with Crippen LogP contribution >= 0.6 is 0 Å². The summed E-state index contributed by atoms with van der Waals surface area (Å²) in [4.78, 5) is 41.4. The Morgan fingerprint density at radius 2 is 1.60 bits per heavy atom. The Morgan fingerprint density at radius 1 is 0.907 bits per heavy atom. The van der Waals surface area contributed by atoms with Crippen LogP contribution in [0, 0.1) is 0 Å². The van der Waals surface area contributed by atoms with Gasteiger partial charge in [-0.05, 0) is 55.0 Å². The molecule has 1 saturated carbocycles. The molecule has 0 bridgehead atoms. The van der Waals surface area contributed by atoms with E-state index in [1.165, 1.54) is 5.56 Å². The Labute approximate surface area is 253 Å². The van der Waals surface area contributed by atoms with Gasteiger partial charge in [0.05, 0.1) is 0 Å². The average molecular weight is 583 g/mol. The van der Waals surface area contributed by atoms with Gasteiger partial charge in [-0.3, -0.25) is 20.2 Å². The van der Waals surface area contributed by atoms with Gasteiger partial charge in [-0.1, -0.05) is 66.7 Å². The zero-order valence-electron chi connectivity index (χ0n) is 24.6. The van der Waals surface area contributed by atoms with Gasteiger partial charge in [0.2, 0.25) is 5.91 Å². The zero-order chi connectivity index (χ0) is 30.0. The summed E-state index contributed by atoms with van der Waals surface area (Å²) in [5.74, 6) is 6.16. The third-order valence-corrected chi connectivity index (χ3v) is 8.28. The number of hydrogen-bond acceptors (Lipinski definition) is 6. The van der Waals surface area contributed by atoms with Crippen molar-refractivity contribution >= 4 is 17.7 Å². The molecule has 3 aromatic carbocycles. The summed E-state index contributed by atoms with van der Waals surface area (Å²) in [7, 11) is 0. The van der Waals surface area contributed by atoms with E-state index in [-0.39, 0.29) is 17.7 Å². The molecule has 5 rings (SSSR count). The molecule has 0 unspecified atom stereocenters. The Hall–Kier alpha value is -4.05. The van der Waals surface area contributed by atoms with Crippen molar-refractivity contribution in [1.82, 2.24) is 25.9 Å². The van der Waals surface area contributed by atoms with Crippen LogP contribution in [0.15, 0.2) is 84.9 Å². The van der Waals surface area contributed by atoms with Crippen LogP contribution in [-0.2, 0) is 11.3 Å². The summed E-state index contributed by atoms with van der Waals surface area (Å²) in [6.07, 6.45) is 3.06. The molecule has 0 spiro atoms. The van der Waals surface area contributed by atoms with Gasteiger partial charge in [-0.15, -0.1) is 0 Å². The van der Waals surface area contributed by atoms with E-state index in [4.69, 9.17) is 5.84 Å². The predicted octanol–water partition coefficient (Wildman–Crippen LogP) is 3.05. The van der Waals surface area contributed by atoms with Gasteiger partial charge in [-0.2, -0.15) is 0 Å². The first kappa shape index (κ1) is 30.4. The molecule has 1 saturated heterocycles. The van der Waals surface area contributed by atoms with Gasteiger partial charge in [0.25, 0.3) is 11.8 Å². The highest BCUT2D eigenvalue weighted by atomic mass is 16.2. The van der Waals surface area contributed by atoms with Gasteiger partial charge < -0.3 is 20.9 Å². The summed E-state index contributed by atoms with van der Waals surface area (Å²) in [5, 5.41) is 11.1. The third kappa shape index (κ3) is 8.50. The number of piperazine rings is 1. The van der Waals surface area contributed by atoms with Crippen LogP contribution in [-0.4, -0.2) is 72.4 Å². The first-order chi connectivity index (χ1) is 21.0. The first-order valence-electron chi connectivity index (χ1n) is 15.3. The number of carbonyl (C=O) groups is 3. The van der Waals surface area contributed by atoms with Gasteiger partial charge in [0.1, 0.15) is 6.04 Å². The summed E-state index contributed by atoms with van der Waals surface area (Å²) in [6, 6.07) is 26.5. The molecule has 1 aliphatic heterocycles. The van der Waals surface area contributed by atoms with Crippen molar-refractivity contribution in [2.45, 2.75) is 50.2 Å². The average Bonchev–Trinajstić information content (AvgIpc) is 3.87. The largest absolute Gasteiger partial charge is 0.350 e. The standard InChI is InChI=1S/C34H42N6O3/c35-40(31-23-29(31)26-12-5-2-6-13-26)19-8-7-16-30(33(42)37-24-25-10-3-1-4-11-25)38-32(41)27-14-9-15-28(22-27)34(43)39-20-17-36-18-21-39/h1-6,9-15,22,29-31,36H,7-8,16-21,23-24,35H2,(H,37,42)(H,38,41)/t29-,30-,31+/m0/s1. The monoisotopic (exact) mass is 582 g/mol. The van der Waals surface area contributed by atoms with E-state index in [0.717, 1.165) is 44.5 Å². The van der Waals surface area contributed by atoms with Gasteiger partial charge in [0.15, 0.2) is 0 Å². The van der Waals surface area contributed by atoms with E-state index < -0.39 is 6.04 Å². The molecule has 2 aliphatic rings. The number of benzene rings is 3. The summed E-state index contributed by atoms with van der Waals surface area (Å²) >= 11 is 0. The van der Waals surface area contributed by atoms with Gasteiger partial charge in [-0.25, -0.2) is 5.01 Å². The number of amides is 3. The minimum absolute atomic E-state index is 0.0928. The number of nitrogens with zero attached hydrogens (tertiary/aromatic N) is 2. The van der Waals surface area contributed by atoms with Crippen LogP contribution in [0.4, 0.5) is 0 Å². The molecule has 3 aromatic rings. The SMILES string of the molecule is NN(CCCC[C@H](NC(=O)c1cccc(C(=O)N2CCNCC2)c1)C(=O)NCc1ccccc1)[C@@H]1C[C@H]1c1ccccc1. The lowest BCUT2D eigenvalue weighted by Gasteiger charge is -2.27. The molecule has 5 N–H and O–H groups in total. The van der Waals surface area contributed by atoms with E-state index in [2.05, 4.69) is 40.2 Å². The number of carbonyl (C=O) groups excluding carboxylic acids is 3. The molecule has 43 heavy (non-hydrogen) atoms. The molecule has 9 nitrogen and oxygen atoms in total. The number of hydrazine groups is 1. The third-order valence-electron chi connectivity index (χ3n) is 8.28. The lowest BCUT2D eigenvalue weighted by molar-refractivity contribution is -0.123. The lowest BCUT2D eigenvalue weighted by Crippen LogP contribution is -2.47. The fraction of sp³-hybridized carbons (Fsp3) is 0.382. The Morgan fingerprint density at radius 3 is 2.35 bits per heavy atom. The van der Waals surface area contributed by atoms with Crippen molar-refractivity contribution < 1.29 is 14.4 Å². The topological polar surface area (TPSA) is 120 Å². The Kier molecular flexibility index (Phi) is 10.5. The van der Waals surface area contributed by atoms with E-state index in [1.54, 1.807) is 29.2 Å². The Bertz CT molecular complexity index is 1360. The minimum Gasteiger partial charge on any atom is -0.350 e. The Balaban J connectivity index is 1.17. The highest BCUT2D eigenvalue weighted by Crippen LogP contribution is 2.43. The van der Waals surface area contributed by atoms with Crippen molar-refractivity contribution in [2.24, 2.45) is 5.84 Å². The van der Waals surface area contributed by atoms with Crippen molar-refractivity contribution in [1.29, 1.82) is 0 Å². The van der Waals surface area contributed by atoms with Gasteiger partial charge >= 0.3 is 0 Å². The van der Waals surface area contributed by atoms with E-state index in [1.807, 2.05) is 41.4 Å². The maximum Gasteiger partial charge on any atom is 0.253 e. The highest BCUT2D eigenvalue weighted by molar-refractivity contribution is 6.01. The molecule has 1 heterocycles. The van der Waals surface area contributed by atoms with Crippen LogP contribution in [0.25, 0.3) is 0 Å². The maximum absolute atomic E-state index is 13.3. The molecule has 0 aromatic heterocycles. The number of nitrogens with one attached hydrogen (secondary N) is 3. The van der Waals surface area contributed by atoms with Crippen LogP contribution < -0.4 is 21.8 Å². The number of nitrogens with two attached hydrogens (primary N) is 1. The molecular formula is C34H42N6O3. The van der Waals surface area contributed by atoms with Gasteiger partial charge in [0, 0.05) is 62.4 Å². The van der Waals surface area contributed by atoms with Crippen LogP contribution in [0.3, 0.4) is 0 Å². The smallest absolute Gasteiger partial charge is 0.253 e. The number of unbranched alkanes of at least 4 members (excludes halogenated alkanes) is 1. The van der Waals surface area contributed by atoms with E-state index in [9.17, 15) is 14.4 Å². The van der Waals surface area contributed by atoms with Crippen molar-refractivity contribution in [2.75, 3.05) is 32.7 Å². The van der Waals surface area contributed by atoms with Crippen LogP contribution in [0.2, 0.25) is 0 Å². The zero-order valence-corrected chi connectivity index (χ0v) is 24.6. The second-order valence-electron chi connectivity index (χ2n) is 11.4. The van der Waals surface area contributed by atoms with Crippen molar-refractivity contribution in [3.8, 4) is 0 Å². The van der Waals surface area contributed by atoms with Crippen molar-refractivity contribution in [3.63, 3.8) is 0 Å². The second-order valence-corrected chi connectivity index (χ2v) is 11.4. The molecule has 226 valence electrons. The second kappa shape index (κ2) is 14.9. The number of rotatable bonds is 13. The normalized spacial score (nSPS) is 18.6. The predicted molar refractivity (Wildman–Crippen MR) is 167 cm³/mol. The first-order valence-corrected chi connectivity index (χ1v) is 15.3. The van der Waals surface area contributed by atoms with Crippen LogP contribution in [0.1, 0.15) is 63.4 Å². The maximum atomic E-state index is 13.3. The van der Waals surface area contributed by atoms with Crippen LogP contribution in [0.5, 0.6) is 0 Å². The highest BCUT2D eigenvalue weighted by Gasteiger charge is 2.41. The summed E-state index contributed by atoms with van der Waals surface area (Å²) in [6.45, 7) is 3.86. The molecule has 3 atom stereocenters. The minimum atomic E-state index is -0.715. The molecular weight excluding hydrogens is 540 g/mol.